The molecule has 2 aliphatic carbocycles. The lowest BCUT2D eigenvalue weighted by molar-refractivity contribution is 0.563. The average Bonchev–Trinajstić information content (AvgIpc) is 3.64. The van der Waals surface area contributed by atoms with Crippen LogP contribution in [-0.4, -0.2) is 4.98 Å². The Morgan fingerprint density at radius 2 is 1.08 bits per heavy atom. The summed E-state index contributed by atoms with van der Waals surface area (Å²) in [5.74, 6) is 0. The number of aromatic nitrogens is 1. The van der Waals surface area contributed by atoms with Gasteiger partial charge in [0.15, 0.2) is 0 Å². The van der Waals surface area contributed by atoms with Crippen molar-refractivity contribution in [3.63, 3.8) is 0 Å². The van der Waals surface area contributed by atoms with E-state index in [1.165, 1.54) is 61.2 Å². The highest BCUT2D eigenvalue weighted by molar-refractivity contribution is 5.86. The van der Waals surface area contributed by atoms with Crippen LogP contribution in [0.5, 0.6) is 0 Å². The van der Waals surface area contributed by atoms with E-state index >= 15 is 0 Å². The Balaban J connectivity index is 1.11. The van der Waals surface area contributed by atoms with E-state index in [1.54, 1.807) is 0 Å². The molecule has 1 atom stereocenters. The van der Waals surface area contributed by atoms with E-state index < -0.39 is 0 Å². The molecule has 0 saturated carbocycles. The zero-order valence-corrected chi connectivity index (χ0v) is 27.3. The van der Waals surface area contributed by atoms with Gasteiger partial charge in [-0.05, 0) is 132 Å². The van der Waals surface area contributed by atoms with Crippen molar-refractivity contribution in [2.45, 2.75) is 32.1 Å². The Bertz CT molecular complexity index is 2290. The molecule has 0 aliphatic heterocycles. The molecular weight excluding hydrogens is 581 g/mol. The highest BCUT2D eigenvalue weighted by Gasteiger charge is 2.47. The number of fused-ring (bicyclic) bond motifs is 6. The molecule has 0 amide bonds. The Kier molecular flexibility index (Phi) is 6.65. The van der Waals surface area contributed by atoms with Gasteiger partial charge in [-0.1, -0.05) is 102 Å². The van der Waals surface area contributed by atoms with E-state index in [2.05, 4.69) is 169 Å². The third-order valence-electron chi connectivity index (χ3n) is 10.4. The molecule has 0 bridgehead atoms. The van der Waals surface area contributed by atoms with Crippen LogP contribution in [0.2, 0.25) is 0 Å². The Hall–Kier alpha value is -5.73. The maximum Gasteiger partial charge on any atom is 0.0702 e. The molecule has 1 aromatic heterocycles. The fourth-order valence-electron chi connectivity index (χ4n) is 8.06. The van der Waals surface area contributed by atoms with Gasteiger partial charge in [0.2, 0.25) is 0 Å². The van der Waals surface area contributed by atoms with Crippen molar-refractivity contribution in [3.8, 4) is 33.5 Å². The number of hydrogen-bond acceptors (Lipinski definition) is 2. The van der Waals surface area contributed by atoms with Crippen LogP contribution < -0.4 is 4.90 Å². The number of hydrogen-bond donors (Lipinski definition) is 0. The second-order valence-corrected chi connectivity index (χ2v) is 13.5. The summed E-state index contributed by atoms with van der Waals surface area (Å²) in [5.41, 5.74) is 19.2. The summed E-state index contributed by atoms with van der Waals surface area (Å²) in [5, 5.41) is 0. The average molecular weight is 617 g/mol. The number of rotatable bonds is 5. The first kappa shape index (κ1) is 28.5. The molecule has 1 heterocycles. The van der Waals surface area contributed by atoms with Crippen molar-refractivity contribution < 1.29 is 0 Å². The minimum Gasteiger partial charge on any atom is -0.311 e. The van der Waals surface area contributed by atoms with E-state index in [1.807, 2.05) is 12.3 Å². The molecule has 9 rings (SSSR count). The van der Waals surface area contributed by atoms with E-state index in [-0.39, 0.29) is 5.41 Å². The van der Waals surface area contributed by atoms with Crippen molar-refractivity contribution in [1.29, 1.82) is 0 Å². The second-order valence-electron chi connectivity index (χ2n) is 13.5. The molecule has 0 fully saturated rings. The molecule has 1 spiro atoms. The summed E-state index contributed by atoms with van der Waals surface area (Å²) in [4.78, 5) is 6.97. The topological polar surface area (TPSA) is 16.1 Å². The summed E-state index contributed by atoms with van der Waals surface area (Å²) < 4.78 is 0. The first-order valence-electron chi connectivity index (χ1n) is 16.9. The van der Waals surface area contributed by atoms with Gasteiger partial charge in [-0.15, -0.1) is 0 Å². The van der Waals surface area contributed by atoms with Crippen LogP contribution in [0.4, 0.5) is 17.1 Å². The van der Waals surface area contributed by atoms with Crippen molar-refractivity contribution in [1.82, 2.24) is 4.98 Å². The van der Waals surface area contributed by atoms with E-state index in [0.29, 0.717) is 0 Å². The summed E-state index contributed by atoms with van der Waals surface area (Å²) in [6, 6.07) is 55.8. The molecule has 7 aromatic rings. The zero-order chi connectivity index (χ0) is 32.2. The van der Waals surface area contributed by atoms with Crippen LogP contribution in [-0.2, 0) is 18.3 Å². The molecule has 48 heavy (non-hydrogen) atoms. The molecule has 2 heteroatoms. The summed E-state index contributed by atoms with van der Waals surface area (Å²) >= 11 is 0. The van der Waals surface area contributed by atoms with Gasteiger partial charge in [-0.2, -0.15) is 0 Å². The van der Waals surface area contributed by atoms with Gasteiger partial charge in [-0.25, -0.2) is 0 Å². The van der Waals surface area contributed by atoms with Gasteiger partial charge in [0, 0.05) is 34.2 Å². The molecule has 2 aliphatic rings. The van der Waals surface area contributed by atoms with Gasteiger partial charge in [0.25, 0.3) is 0 Å². The standard InChI is InChI=1S/C46H36N2/c1-31-11-19-39(20-12-31)48(38-8-4-3-5-9-38)40-21-16-33(17-22-40)34-18-24-42-41-23-13-32(2)26-43(41)46(44(42)28-34)29-36-15-14-35(27-37(36)30-46)45-10-6-7-25-47-45/h3-28H,29-30H2,1-2H3. The van der Waals surface area contributed by atoms with Gasteiger partial charge < -0.3 is 4.90 Å². The normalized spacial score (nSPS) is 15.6. The lowest BCUT2D eigenvalue weighted by Crippen LogP contribution is -2.26. The second kappa shape index (κ2) is 11.2. The fourth-order valence-corrected chi connectivity index (χ4v) is 8.06. The van der Waals surface area contributed by atoms with Crippen molar-refractivity contribution in [2.75, 3.05) is 4.90 Å². The van der Waals surface area contributed by atoms with Gasteiger partial charge in [0.05, 0.1) is 5.69 Å². The lowest BCUT2D eigenvalue weighted by Gasteiger charge is -2.27. The Labute approximate surface area is 283 Å². The molecule has 0 N–H and O–H groups in total. The van der Waals surface area contributed by atoms with Crippen molar-refractivity contribution in [2.24, 2.45) is 0 Å². The minimum absolute atomic E-state index is 0.0761. The number of anilines is 3. The van der Waals surface area contributed by atoms with Gasteiger partial charge in [0.1, 0.15) is 0 Å². The third kappa shape index (κ3) is 4.67. The summed E-state index contributed by atoms with van der Waals surface area (Å²) in [6.45, 7) is 4.36. The van der Waals surface area contributed by atoms with Crippen molar-refractivity contribution in [3.05, 3.63) is 191 Å². The molecule has 2 nitrogen and oxygen atoms in total. The smallest absolute Gasteiger partial charge is 0.0702 e. The summed E-state index contributed by atoms with van der Waals surface area (Å²) in [7, 11) is 0. The molecule has 6 aromatic carbocycles. The van der Waals surface area contributed by atoms with Crippen LogP contribution >= 0.6 is 0 Å². The summed E-state index contributed by atoms with van der Waals surface area (Å²) in [6.07, 6.45) is 3.89. The number of pyridine rings is 1. The van der Waals surface area contributed by atoms with Crippen LogP contribution in [0.25, 0.3) is 33.5 Å². The molecule has 0 saturated heterocycles. The quantitative estimate of drug-likeness (QED) is 0.191. The monoisotopic (exact) mass is 616 g/mol. The lowest BCUT2D eigenvalue weighted by atomic mass is 9.75. The minimum atomic E-state index is -0.0761. The predicted molar refractivity (Wildman–Crippen MR) is 199 cm³/mol. The molecular formula is C46H36N2. The Morgan fingerprint density at radius 3 is 1.83 bits per heavy atom. The zero-order valence-electron chi connectivity index (χ0n) is 27.3. The molecule has 230 valence electrons. The maximum absolute atomic E-state index is 4.64. The van der Waals surface area contributed by atoms with Gasteiger partial charge in [-0.3, -0.25) is 4.98 Å². The van der Waals surface area contributed by atoms with E-state index in [9.17, 15) is 0 Å². The van der Waals surface area contributed by atoms with Crippen molar-refractivity contribution >= 4 is 17.1 Å². The van der Waals surface area contributed by atoms with Crippen LogP contribution in [0.1, 0.15) is 33.4 Å². The SMILES string of the molecule is Cc1ccc(N(c2ccccc2)c2ccc(-c3ccc4c(c3)C3(Cc5ccc(-c6ccccn6)cc5C3)c3cc(C)ccc3-4)cc2)cc1. The fraction of sp³-hybridized carbons (Fsp3) is 0.109. The first-order chi connectivity index (χ1) is 23.6. The largest absolute Gasteiger partial charge is 0.311 e. The van der Waals surface area contributed by atoms with Gasteiger partial charge >= 0.3 is 0 Å². The maximum atomic E-state index is 4.64. The van der Waals surface area contributed by atoms with E-state index in [4.69, 9.17) is 0 Å². The number of nitrogens with zero attached hydrogens (tertiary/aromatic N) is 2. The van der Waals surface area contributed by atoms with Crippen LogP contribution in [0, 0.1) is 13.8 Å². The Morgan fingerprint density at radius 1 is 0.479 bits per heavy atom. The van der Waals surface area contributed by atoms with E-state index in [0.717, 1.165) is 35.6 Å². The number of benzene rings is 6. The van der Waals surface area contributed by atoms with Crippen LogP contribution in [0.15, 0.2) is 158 Å². The number of aryl methyl sites for hydroxylation is 2. The first-order valence-corrected chi connectivity index (χ1v) is 16.9. The predicted octanol–water partition coefficient (Wildman–Crippen LogP) is 11.6. The number of para-hydroxylation sites is 1. The highest BCUT2D eigenvalue weighted by atomic mass is 15.1. The van der Waals surface area contributed by atoms with Crippen LogP contribution in [0.3, 0.4) is 0 Å². The third-order valence-corrected chi connectivity index (χ3v) is 10.4. The highest BCUT2D eigenvalue weighted by Crippen LogP contribution is 2.56. The molecule has 0 radical (unpaired) electrons. The molecule has 1 unspecified atom stereocenters.